The average Bonchev–Trinajstić information content (AvgIpc) is 2.86. The van der Waals surface area contributed by atoms with Gasteiger partial charge in [-0.05, 0) is 12.8 Å². The van der Waals surface area contributed by atoms with Crippen LogP contribution in [0, 0.1) is 0 Å². The van der Waals surface area contributed by atoms with Crippen molar-refractivity contribution in [2.45, 2.75) is 38.1 Å². The molecule has 0 spiro atoms. The Morgan fingerprint density at radius 1 is 1.53 bits per heavy atom. The minimum atomic E-state index is -0.962. The zero-order valence-corrected chi connectivity index (χ0v) is 9.22. The average molecular weight is 226 g/mol. The van der Waals surface area contributed by atoms with E-state index in [0.29, 0.717) is 10.8 Å². The molecule has 0 unspecified atom stereocenters. The molecule has 3 N–H and O–H groups in total. The topological polar surface area (TPSA) is 76.2 Å². The molecule has 0 saturated heterocycles. The van der Waals surface area contributed by atoms with E-state index in [1.807, 2.05) is 0 Å². The van der Waals surface area contributed by atoms with E-state index in [1.54, 1.807) is 0 Å². The summed E-state index contributed by atoms with van der Waals surface area (Å²) in [6.07, 6.45) is 4.72. The van der Waals surface area contributed by atoms with E-state index >= 15 is 0 Å². The fourth-order valence-corrected chi connectivity index (χ4v) is 3.13. The van der Waals surface area contributed by atoms with Crippen molar-refractivity contribution in [3.8, 4) is 0 Å². The van der Waals surface area contributed by atoms with Gasteiger partial charge in [-0.2, -0.15) is 0 Å². The highest BCUT2D eigenvalue weighted by molar-refractivity contribution is 7.12. The van der Waals surface area contributed by atoms with E-state index in [0.717, 1.165) is 17.8 Å². The molecule has 5 heteroatoms. The number of hydrogen-bond acceptors (Lipinski definition) is 4. The Labute approximate surface area is 92.1 Å². The molecule has 0 radical (unpaired) electrons. The molecule has 1 heterocycles. The zero-order chi connectivity index (χ0) is 10.8. The molecule has 1 aliphatic rings. The zero-order valence-electron chi connectivity index (χ0n) is 8.40. The van der Waals surface area contributed by atoms with Gasteiger partial charge >= 0.3 is 5.97 Å². The first-order valence-electron chi connectivity index (χ1n) is 5.15. The van der Waals surface area contributed by atoms with Crippen LogP contribution in [-0.4, -0.2) is 16.1 Å². The van der Waals surface area contributed by atoms with Crippen molar-refractivity contribution < 1.29 is 9.90 Å². The van der Waals surface area contributed by atoms with Crippen LogP contribution in [0.5, 0.6) is 0 Å². The molecule has 15 heavy (non-hydrogen) atoms. The van der Waals surface area contributed by atoms with Gasteiger partial charge in [-0.15, -0.1) is 11.3 Å². The number of aromatic nitrogens is 1. The smallest absolute Gasteiger partial charge is 0.355 e. The van der Waals surface area contributed by atoms with Crippen LogP contribution in [0.3, 0.4) is 0 Å². The summed E-state index contributed by atoms with van der Waals surface area (Å²) in [5.74, 6) is -0.496. The summed E-state index contributed by atoms with van der Waals surface area (Å²) < 4.78 is 0. The molecule has 1 fully saturated rings. The molecule has 0 aliphatic heterocycles. The van der Waals surface area contributed by atoms with Gasteiger partial charge in [0.05, 0.1) is 9.88 Å². The summed E-state index contributed by atoms with van der Waals surface area (Å²) in [7, 11) is 0. The number of thiazole rings is 1. The van der Waals surface area contributed by atoms with Crippen molar-refractivity contribution in [3.63, 3.8) is 0 Å². The SMILES string of the molecule is NCc1sc(C2CCCC2)nc1C(=O)O. The number of aromatic carboxylic acids is 1. The largest absolute Gasteiger partial charge is 0.476 e. The predicted octanol–water partition coefficient (Wildman–Crippen LogP) is 1.96. The summed E-state index contributed by atoms with van der Waals surface area (Å²) in [6, 6.07) is 0. The van der Waals surface area contributed by atoms with Crippen molar-refractivity contribution in [1.29, 1.82) is 0 Å². The molecule has 82 valence electrons. The Balaban J connectivity index is 2.29. The van der Waals surface area contributed by atoms with E-state index in [9.17, 15) is 4.79 Å². The molecule has 0 bridgehead atoms. The van der Waals surface area contributed by atoms with Crippen molar-refractivity contribution in [2.24, 2.45) is 5.73 Å². The Morgan fingerprint density at radius 3 is 2.67 bits per heavy atom. The third kappa shape index (κ3) is 2.03. The van der Waals surface area contributed by atoms with E-state index in [1.165, 1.54) is 24.2 Å². The highest BCUT2D eigenvalue weighted by Crippen LogP contribution is 2.37. The quantitative estimate of drug-likeness (QED) is 0.826. The number of carboxylic acid groups (broad SMARTS) is 1. The van der Waals surface area contributed by atoms with E-state index in [-0.39, 0.29) is 12.2 Å². The van der Waals surface area contributed by atoms with Crippen LogP contribution in [0.15, 0.2) is 0 Å². The van der Waals surface area contributed by atoms with Crippen molar-refractivity contribution in [1.82, 2.24) is 4.98 Å². The van der Waals surface area contributed by atoms with Crippen LogP contribution in [0.2, 0.25) is 0 Å². The van der Waals surface area contributed by atoms with Gasteiger partial charge in [-0.1, -0.05) is 12.8 Å². The lowest BCUT2D eigenvalue weighted by atomic mass is 10.1. The van der Waals surface area contributed by atoms with Crippen molar-refractivity contribution in [2.75, 3.05) is 0 Å². The van der Waals surface area contributed by atoms with Gasteiger partial charge in [0.15, 0.2) is 5.69 Å². The summed E-state index contributed by atoms with van der Waals surface area (Å²) in [5, 5.41) is 9.90. The van der Waals surface area contributed by atoms with Crippen LogP contribution in [0.4, 0.5) is 0 Å². The van der Waals surface area contributed by atoms with Crippen LogP contribution in [0.25, 0.3) is 0 Å². The second kappa shape index (κ2) is 4.28. The second-order valence-electron chi connectivity index (χ2n) is 3.81. The lowest BCUT2D eigenvalue weighted by Crippen LogP contribution is -2.04. The number of hydrogen-bond donors (Lipinski definition) is 2. The predicted molar refractivity (Wildman–Crippen MR) is 58.2 cm³/mol. The maximum atomic E-state index is 10.9. The van der Waals surface area contributed by atoms with Crippen molar-refractivity contribution >= 4 is 17.3 Å². The van der Waals surface area contributed by atoms with E-state index in [4.69, 9.17) is 10.8 Å². The fraction of sp³-hybridized carbons (Fsp3) is 0.600. The van der Waals surface area contributed by atoms with Crippen LogP contribution < -0.4 is 5.73 Å². The Morgan fingerprint density at radius 2 is 2.20 bits per heavy atom. The van der Waals surface area contributed by atoms with E-state index in [2.05, 4.69) is 4.98 Å². The molecule has 1 aromatic heterocycles. The number of nitrogens with zero attached hydrogens (tertiary/aromatic N) is 1. The van der Waals surface area contributed by atoms with Gasteiger partial charge in [0, 0.05) is 12.5 Å². The van der Waals surface area contributed by atoms with Crippen molar-refractivity contribution in [3.05, 3.63) is 15.6 Å². The molecule has 0 amide bonds. The molecular weight excluding hydrogens is 212 g/mol. The normalized spacial score (nSPS) is 17.1. The molecule has 1 aliphatic carbocycles. The third-order valence-electron chi connectivity index (χ3n) is 2.81. The lowest BCUT2D eigenvalue weighted by Gasteiger charge is -2.01. The third-order valence-corrected chi connectivity index (χ3v) is 4.05. The monoisotopic (exact) mass is 226 g/mol. The van der Waals surface area contributed by atoms with Gasteiger partial charge in [0.1, 0.15) is 0 Å². The number of carboxylic acids is 1. The van der Waals surface area contributed by atoms with Gasteiger partial charge in [-0.3, -0.25) is 0 Å². The molecule has 1 saturated carbocycles. The molecule has 0 aromatic carbocycles. The minimum Gasteiger partial charge on any atom is -0.476 e. The number of rotatable bonds is 3. The van der Waals surface area contributed by atoms with Gasteiger partial charge in [-0.25, -0.2) is 9.78 Å². The van der Waals surface area contributed by atoms with E-state index < -0.39 is 5.97 Å². The Kier molecular flexibility index (Phi) is 3.02. The summed E-state index contributed by atoms with van der Waals surface area (Å²) >= 11 is 1.47. The molecule has 4 nitrogen and oxygen atoms in total. The first-order valence-corrected chi connectivity index (χ1v) is 5.97. The summed E-state index contributed by atoms with van der Waals surface area (Å²) in [6.45, 7) is 0.270. The second-order valence-corrected chi connectivity index (χ2v) is 4.93. The Hall–Kier alpha value is -0.940. The highest BCUT2D eigenvalue weighted by atomic mass is 32.1. The number of carbonyl (C=O) groups is 1. The van der Waals surface area contributed by atoms with Gasteiger partial charge < -0.3 is 10.8 Å². The maximum Gasteiger partial charge on any atom is 0.355 e. The van der Waals surface area contributed by atoms with Gasteiger partial charge in [0.25, 0.3) is 0 Å². The highest BCUT2D eigenvalue weighted by Gasteiger charge is 2.24. The van der Waals surface area contributed by atoms with Crippen LogP contribution >= 0.6 is 11.3 Å². The molecule has 1 aromatic rings. The minimum absolute atomic E-state index is 0.157. The molecular formula is C10H14N2O2S. The first-order chi connectivity index (χ1) is 7.22. The van der Waals surface area contributed by atoms with Crippen LogP contribution in [0.1, 0.15) is 52.0 Å². The fourth-order valence-electron chi connectivity index (χ4n) is 2.02. The summed E-state index contributed by atoms with van der Waals surface area (Å²) in [4.78, 5) is 15.8. The lowest BCUT2D eigenvalue weighted by molar-refractivity contribution is 0.0690. The number of nitrogens with two attached hydrogens (primary N) is 1. The maximum absolute atomic E-state index is 10.9. The molecule has 0 atom stereocenters. The first kappa shape index (κ1) is 10.6. The van der Waals surface area contributed by atoms with Crippen LogP contribution in [-0.2, 0) is 6.54 Å². The molecule has 2 rings (SSSR count). The summed E-state index contributed by atoms with van der Waals surface area (Å²) in [5.41, 5.74) is 5.66. The standard InChI is InChI=1S/C10H14N2O2S/c11-5-7-8(10(13)14)12-9(15-7)6-3-1-2-4-6/h6H,1-5,11H2,(H,13,14). The van der Waals surface area contributed by atoms with Gasteiger partial charge in [0.2, 0.25) is 0 Å². The Bertz CT molecular complexity index is 369.